The van der Waals surface area contributed by atoms with E-state index >= 15 is 0 Å². The SMILES string of the molecule is CCc1ccc(-c2nc(=S)n(C[NH+]3CCS[C@H](C(=O)OC)C3)[nH]2)cc1. The molecule has 0 amide bonds. The van der Waals surface area contributed by atoms with Gasteiger partial charge in [-0.15, -0.1) is 11.8 Å². The fraction of sp³-hybridized carbons (Fsp3) is 0.471. The average Bonchev–Trinajstić information content (AvgIpc) is 3.02. The molecule has 25 heavy (non-hydrogen) atoms. The van der Waals surface area contributed by atoms with Crippen LogP contribution in [0.25, 0.3) is 11.4 Å². The number of H-pyrrole nitrogens is 1. The molecule has 1 aromatic heterocycles. The number of aryl methyl sites for hydroxylation is 1. The van der Waals surface area contributed by atoms with Crippen LogP contribution >= 0.6 is 24.0 Å². The predicted octanol–water partition coefficient (Wildman–Crippen LogP) is 1.30. The third-order valence-electron chi connectivity index (χ3n) is 4.41. The van der Waals surface area contributed by atoms with Crippen LogP contribution in [0.4, 0.5) is 0 Å². The highest BCUT2D eigenvalue weighted by molar-refractivity contribution is 8.00. The average molecular weight is 380 g/mol. The van der Waals surface area contributed by atoms with Gasteiger partial charge in [-0.2, -0.15) is 4.98 Å². The van der Waals surface area contributed by atoms with Gasteiger partial charge in [0, 0.05) is 11.3 Å². The molecular weight excluding hydrogens is 356 g/mol. The molecular formula is C17H23N4O2S2+. The van der Waals surface area contributed by atoms with Crippen molar-refractivity contribution in [1.82, 2.24) is 14.8 Å². The molecule has 6 nitrogen and oxygen atoms in total. The van der Waals surface area contributed by atoms with E-state index in [9.17, 15) is 4.79 Å². The normalized spacial score (nSPS) is 20.4. The minimum Gasteiger partial charge on any atom is -0.468 e. The Morgan fingerprint density at radius 2 is 2.24 bits per heavy atom. The standard InChI is InChI=1S/C17H22N4O2S2/c1-3-12-4-6-13(7-5-12)15-18-17(24)21(19-15)11-20-8-9-25-14(10-20)16(22)23-2/h4-7,14H,3,8-11H2,1-2H3,(H,18,19,24)/p+1/t14-/m0/s1. The molecule has 2 aromatic rings. The van der Waals surface area contributed by atoms with Gasteiger partial charge in [0.05, 0.1) is 13.7 Å². The molecule has 0 bridgehead atoms. The molecule has 8 heteroatoms. The summed E-state index contributed by atoms with van der Waals surface area (Å²) in [6.07, 6.45) is 1.02. The first-order valence-electron chi connectivity index (χ1n) is 8.40. The van der Waals surface area contributed by atoms with E-state index in [4.69, 9.17) is 17.0 Å². The number of aromatic amines is 1. The number of hydrogen-bond acceptors (Lipinski definition) is 5. The largest absolute Gasteiger partial charge is 0.468 e. The summed E-state index contributed by atoms with van der Waals surface area (Å²) >= 11 is 7.07. The Kier molecular flexibility index (Phi) is 5.93. The summed E-state index contributed by atoms with van der Waals surface area (Å²) in [6.45, 7) is 4.53. The Bertz CT molecular complexity index is 785. The second-order valence-electron chi connectivity index (χ2n) is 6.08. The number of carbonyl (C=O) groups excluding carboxylic acids is 1. The number of methoxy groups -OCH3 is 1. The third kappa shape index (κ3) is 4.31. The lowest BCUT2D eigenvalue weighted by Crippen LogP contribution is -3.14. The lowest BCUT2D eigenvalue weighted by Gasteiger charge is -2.27. The summed E-state index contributed by atoms with van der Waals surface area (Å²) in [6, 6.07) is 8.35. The number of carbonyl (C=O) groups is 1. The zero-order valence-electron chi connectivity index (χ0n) is 14.4. The van der Waals surface area contributed by atoms with Crippen molar-refractivity contribution in [2.45, 2.75) is 25.3 Å². The molecule has 1 saturated heterocycles. The first kappa shape index (κ1) is 18.2. The van der Waals surface area contributed by atoms with Crippen molar-refractivity contribution < 1.29 is 14.4 Å². The van der Waals surface area contributed by atoms with E-state index < -0.39 is 0 Å². The highest BCUT2D eigenvalue weighted by Gasteiger charge is 2.30. The molecule has 1 aromatic carbocycles. The lowest BCUT2D eigenvalue weighted by atomic mass is 10.1. The van der Waals surface area contributed by atoms with Gasteiger partial charge < -0.3 is 9.64 Å². The Morgan fingerprint density at radius 1 is 1.48 bits per heavy atom. The zero-order valence-corrected chi connectivity index (χ0v) is 16.1. The maximum Gasteiger partial charge on any atom is 0.324 e. The second kappa shape index (κ2) is 8.16. The molecule has 2 heterocycles. The first-order chi connectivity index (χ1) is 12.1. The summed E-state index contributed by atoms with van der Waals surface area (Å²) in [7, 11) is 1.44. The Balaban J connectivity index is 1.72. The quantitative estimate of drug-likeness (QED) is 0.606. The molecule has 0 aliphatic carbocycles. The second-order valence-corrected chi connectivity index (χ2v) is 7.75. The minimum absolute atomic E-state index is 0.105. The molecule has 2 N–H and O–H groups in total. The van der Waals surface area contributed by atoms with Crippen LogP contribution in [-0.2, 0) is 22.6 Å². The van der Waals surface area contributed by atoms with Crippen LogP contribution in [0.2, 0.25) is 0 Å². The van der Waals surface area contributed by atoms with Gasteiger partial charge in [0.15, 0.2) is 17.7 Å². The summed E-state index contributed by atoms with van der Waals surface area (Å²) < 4.78 is 7.30. The van der Waals surface area contributed by atoms with Crippen LogP contribution in [-0.4, -0.2) is 51.9 Å². The molecule has 0 radical (unpaired) electrons. The van der Waals surface area contributed by atoms with Crippen LogP contribution in [0.5, 0.6) is 0 Å². The lowest BCUT2D eigenvalue weighted by molar-refractivity contribution is -0.921. The number of hydrogen-bond donors (Lipinski definition) is 2. The molecule has 0 saturated carbocycles. The van der Waals surface area contributed by atoms with Crippen molar-refractivity contribution in [3.63, 3.8) is 0 Å². The van der Waals surface area contributed by atoms with Gasteiger partial charge in [-0.05, 0) is 24.2 Å². The van der Waals surface area contributed by atoms with Gasteiger partial charge in [0.2, 0.25) is 4.77 Å². The maximum atomic E-state index is 11.8. The summed E-state index contributed by atoms with van der Waals surface area (Å²) in [5.74, 6) is 1.57. The van der Waals surface area contributed by atoms with E-state index in [1.807, 2.05) is 4.68 Å². The molecule has 1 aliphatic heterocycles. The number of nitrogens with zero attached hydrogens (tertiary/aromatic N) is 2. The van der Waals surface area contributed by atoms with E-state index in [1.54, 1.807) is 11.8 Å². The number of aromatic nitrogens is 3. The fourth-order valence-corrected chi connectivity index (χ4v) is 4.39. The number of ether oxygens (including phenoxy) is 1. The van der Waals surface area contributed by atoms with Crippen LogP contribution in [0.3, 0.4) is 0 Å². The van der Waals surface area contributed by atoms with E-state index in [-0.39, 0.29) is 11.2 Å². The number of thioether (sulfide) groups is 1. The number of quaternary nitrogens is 1. The van der Waals surface area contributed by atoms with Crippen LogP contribution in [0, 0.1) is 4.77 Å². The van der Waals surface area contributed by atoms with Gasteiger partial charge in [0.1, 0.15) is 6.54 Å². The molecule has 1 unspecified atom stereocenters. The molecule has 0 spiro atoms. The first-order valence-corrected chi connectivity index (χ1v) is 9.85. The molecule has 134 valence electrons. The molecule has 2 atom stereocenters. The smallest absolute Gasteiger partial charge is 0.324 e. The van der Waals surface area contributed by atoms with Gasteiger partial charge in [0.25, 0.3) is 0 Å². The predicted molar refractivity (Wildman–Crippen MR) is 101 cm³/mol. The number of rotatable bonds is 5. The summed E-state index contributed by atoms with van der Waals surface area (Å²) in [4.78, 5) is 17.5. The Hall–Kier alpha value is -1.64. The highest BCUT2D eigenvalue weighted by atomic mass is 32.2. The topological polar surface area (TPSA) is 64.3 Å². The Labute approximate surface area is 156 Å². The van der Waals surface area contributed by atoms with Crippen LogP contribution in [0.1, 0.15) is 12.5 Å². The van der Waals surface area contributed by atoms with Crippen molar-refractivity contribution in [3.8, 4) is 11.4 Å². The summed E-state index contributed by atoms with van der Waals surface area (Å²) in [5, 5.41) is 3.19. The van der Waals surface area contributed by atoms with E-state index in [0.717, 1.165) is 36.7 Å². The third-order valence-corrected chi connectivity index (χ3v) is 5.92. The van der Waals surface area contributed by atoms with Crippen LogP contribution < -0.4 is 4.90 Å². The van der Waals surface area contributed by atoms with Crippen molar-refractivity contribution in [2.24, 2.45) is 0 Å². The number of benzene rings is 1. The van der Waals surface area contributed by atoms with E-state index in [2.05, 4.69) is 41.3 Å². The van der Waals surface area contributed by atoms with Gasteiger partial charge >= 0.3 is 5.97 Å². The monoisotopic (exact) mass is 379 g/mol. The van der Waals surface area contributed by atoms with Crippen molar-refractivity contribution >= 4 is 29.9 Å². The van der Waals surface area contributed by atoms with Crippen molar-refractivity contribution in [1.29, 1.82) is 0 Å². The maximum absolute atomic E-state index is 11.8. The van der Waals surface area contributed by atoms with E-state index in [0.29, 0.717) is 11.4 Å². The fourth-order valence-electron chi connectivity index (χ4n) is 2.91. The van der Waals surface area contributed by atoms with Gasteiger partial charge in [-0.25, -0.2) is 4.68 Å². The molecule has 1 fully saturated rings. The minimum atomic E-state index is -0.146. The van der Waals surface area contributed by atoms with Gasteiger partial charge in [-0.1, -0.05) is 31.2 Å². The Morgan fingerprint density at radius 3 is 2.92 bits per heavy atom. The zero-order chi connectivity index (χ0) is 17.8. The molecule has 3 rings (SSSR count). The number of esters is 1. The van der Waals surface area contributed by atoms with Gasteiger partial charge in [-0.3, -0.25) is 9.89 Å². The highest BCUT2D eigenvalue weighted by Crippen LogP contribution is 2.16. The van der Waals surface area contributed by atoms with E-state index in [1.165, 1.54) is 17.6 Å². The number of nitrogens with one attached hydrogen (secondary N) is 2. The van der Waals surface area contributed by atoms with Crippen molar-refractivity contribution in [2.75, 3.05) is 26.0 Å². The van der Waals surface area contributed by atoms with Crippen molar-refractivity contribution in [3.05, 3.63) is 34.6 Å². The molecule has 1 aliphatic rings. The summed E-state index contributed by atoms with van der Waals surface area (Å²) in [5.41, 5.74) is 2.32. The van der Waals surface area contributed by atoms with Crippen LogP contribution in [0.15, 0.2) is 24.3 Å².